The van der Waals surface area contributed by atoms with E-state index in [9.17, 15) is 0 Å². The highest BCUT2D eigenvalue weighted by Gasteiger charge is 2.17. The van der Waals surface area contributed by atoms with Crippen LogP contribution in [-0.4, -0.2) is 37.1 Å². The molecule has 0 radical (unpaired) electrons. The molecule has 2 saturated carbocycles. The molecule has 0 unspecified atom stereocenters. The first-order valence-electron chi connectivity index (χ1n) is 8.30. The molecule has 0 aromatic rings. The van der Waals surface area contributed by atoms with Crippen LogP contribution in [0.15, 0.2) is 0 Å². The Morgan fingerprint density at radius 1 is 0.889 bits per heavy atom. The lowest BCUT2D eigenvalue weighted by Crippen LogP contribution is -2.37. The van der Waals surface area contributed by atoms with Crippen LogP contribution in [0.1, 0.15) is 70.6 Å². The number of nitrogens with one attached hydrogen (secondary N) is 1. The van der Waals surface area contributed by atoms with Crippen LogP contribution in [0.2, 0.25) is 0 Å². The number of rotatable bonds is 6. The predicted molar refractivity (Wildman–Crippen MR) is 79.0 cm³/mol. The minimum absolute atomic E-state index is 0.832. The van der Waals surface area contributed by atoms with Crippen molar-refractivity contribution in [1.29, 1.82) is 0 Å². The van der Waals surface area contributed by atoms with Crippen molar-refractivity contribution in [2.45, 2.75) is 82.7 Å². The van der Waals surface area contributed by atoms with E-state index in [4.69, 9.17) is 0 Å². The monoisotopic (exact) mass is 252 g/mol. The molecule has 2 fully saturated rings. The summed E-state index contributed by atoms with van der Waals surface area (Å²) in [5, 5.41) is 3.75. The average molecular weight is 252 g/mol. The SMILES string of the molecule is CN(CCCNC1CCCCC1)C1CCCCC1. The highest BCUT2D eigenvalue weighted by molar-refractivity contribution is 4.75. The second kappa shape index (κ2) is 8.16. The molecule has 18 heavy (non-hydrogen) atoms. The third-order valence-corrected chi connectivity index (χ3v) is 4.92. The summed E-state index contributed by atoms with van der Waals surface area (Å²) in [5.74, 6) is 0. The van der Waals surface area contributed by atoms with Crippen LogP contribution >= 0.6 is 0 Å². The smallest absolute Gasteiger partial charge is 0.00922 e. The molecule has 0 bridgehead atoms. The van der Waals surface area contributed by atoms with E-state index in [0.29, 0.717) is 0 Å². The van der Waals surface area contributed by atoms with Crippen LogP contribution < -0.4 is 5.32 Å². The lowest BCUT2D eigenvalue weighted by Gasteiger charge is -2.31. The minimum atomic E-state index is 0.832. The van der Waals surface area contributed by atoms with Crippen molar-refractivity contribution < 1.29 is 0 Å². The second-order valence-corrected chi connectivity index (χ2v) is 6.42. The molecular weight excluding hydrogens is 220 g/mol. The zero-order valence-corrected chi connectivity index (χ0v) is 12.3. The Balaban J connectivity index is 1.51. The molecule has 0 saturated heterocycles. The summed E-state index contributed by atoms with van der Waals surface area (Å²) in [6.45, 7) is 2.51. The fourth-order valence-corrected chi connectivity index (χ4v) is 3.65. The van der Waals surface area contributed by atoms with Gasteiger partial charge >= 0.3 is 0 Å². The summed E-state index contributed by atoms with van der Waals surface area (Å²) in [4.78, 5) is 2.61. The van der Waals surface area contributed by atoms with Gasteiger partial charge in [-0.3, -0.25) is 0 Å². The Labute approximate surface area is 114 Å². The van der Waals surface area contributed by atoms with E-state index in [-0.39, 0.29) is 0 Å². The topological polar surface area (TPSA) is 15.3 Å². The summed E-state index contributed by atoms with van der Waals surface area (Å²) in [5.41, 5.74) is 0. The highest BCUT2D eigenvalue weighted by atomic mass is 15.1. The maximum Gasteiger partial charge on any atom is 0.00922 e. The van der Waals surface area contributed by atoms with E-state index < -0.39 is 0 Å². The maximum atomic E-state index is 3.75. The fraction of sp³-hybridized carbons (Fsp3) is 1.00. The van der Waals surface area contributed by atoms with Gasteiger partial charge in [0.25, 0.3) is 0 Å². The molecule has 0 amide bonds. The van der Waals surface area contributed by atoms with Crippen LogP contribution in [0.4, 0.5) is 0 Å². The summed E-state index contributed by atoms with van der Waals surface area (Å²) >= 11 is 0. The van der Waals surface area contributed by atoms with Gasteiger partial charge in [0, 0.05) is 12.1 Å². The number of hydrogen-bond donors (Lipinski definition) is 1. The van der Waals surface area contributed by atoms with Crippen molar-refractivity contribution >= 4 is 0 Å². The summed E-state index contributed by atoms with van der Waals surface area (Å²) in [6, 6.07) is 1.71. The van der Waals surface area contributed by atoms with Crippen molar-refractivity contribution in [3.05, 3.63) is 0 Å². The molecule has 0 aliphatic heterocycles. The van der Waals surface area contributed by atoms with Crippen LogP contribution in [0, 0.1) is 0 Å². The van der Waals surface area contributed by atoms with Gasteiger partial charge in [-0.15, -0.1) is 0 Å². The lowest BCUT2D eigenvalue weighted by atomic mass is 9.94. The largest absolute Gasteiger partial charge is 0.314 e. The van der Waals surface area contributed by atoms with Crippen molar-refractivity contribution in [2.75, 3.05) is 20.1 Å². The van der Waals surface area contributed by atoms with Crippen molar-refractivity contribution in [2.24, 2.45) is 0 Å². The van der Waals surface area contributed by atoms with E-state index in [1.807, 2.05) is 0 Å². The summed E-state index contributed by atoms with van der Waals surface area (Å²) in [7, 11) is 2.33. The standard InChI is InChI=1S/C16H32N2/c1-18(16-11-6-3-7-12-16)14-8-13-17-15-9-4-2-5-10-15/h15-17H,2-14H2,1H3. The molecule has 0 aromatic carbocycles. The van der Waals surface area contributed by atoms with Crippen molar-refractivity contribution in [3.8, 4) is 0 Å². The van der Waals surface area contributed by atoms with Crippen molar-refractivity contribution in [1.82, 2.24) is 10.2 Å². The normalized spacial score (nSPS) is 23.7. The molecule has 2 aliphatic rings. The van der Waals surface area contributed by atoms with E-state index in [2.05, 4.69) is 17.3 Å². The molecule has 2 rings (SSSR count). The van der Waals surface area contributed by atoms with Gasteiger partial charge in [0.15, 0.2) is 0 Å². The van der Waals surface area contributed by atoms with Crippen LogP contribution in [0.5, 0.6) is 0 Å². The zero-order chi connectivity index (χ0) is 12.6. The first-order valence-corrected chi connectivity index (χ1v) is 8.30. The predicted octanol–water partition coefficient (Wildman–Crippen LogP) is 3.56. The van der Waals surface area contributed by atoms with E-state index >= 15 is 0 Å². The van der Waals surface area contributed by atoms with Crippen LogP contribution in [-0.2, 0) is 0 Å². The van der Waals surface area contributed by atoms with Gasteiger partial charge in [-0.1, -0.05) is 38.5 Å². The van der Waals surface area contributed by atoms with Gasteiger partial charge in [0.05, 0.1) is 0 Å². The Morgan fingerprint density at radius 2 is 1.50 bits per heavy atom. The van der Waals surface area contributed by atoms with Crippen molar-refractivity contribution in [3.63, 3.8) is 0 Å². The first kappa shape index (κ1) is 14.3. The molecular formula is C16H32N2. The van der Waals surface area contributed by atoms with E-state index in [1.165, 1.54) is 83.7 Å². The summed E-state index contributed by atoms with van der Waals surface area (Å²) in [6.07, 6.45) is 15.7. The molecule has 0 heterocycles. The van der Waals surface area contributed by atoms with Crippen LogP contribution in [0.25, 0.3) is 0 Å². The van der Waals surface area contributed by atoms with Gasteiger partial charge in [-0.05, 0) is 52.2 Å². The first-order chi connectivity index (χ1) is 8.86. The van der Waals surface area contributed by atoms with Gasteiger partial charge in [0.1, 0.15) is 0 Å². The summed E-state index contributed by atoms with van der Waals surface area (Å²) < 4.78 is 0. The highest BCUT2D eigenvalue weighted by Crippen LogP contribution is 2.21. The average Bonchev–Trinajstić information content (AvgIpc) is 2.45. The van der Waals surface area contributed by atoms with Gasteiger partial charge < -0.3 is 10.2 Å². The third kappa shape index (κ3) is 4.89. The number of hydrogen-bond acceptors (Lipinski definition) is 2. The quantitative estimate of drug-likeness (QED) is 0.727. The van der Waals surface area contributed by atoms with Gasteiger partial charge in [-0.2, -0.15) is 0 Å². The Bertz CT molecular complexity index is 205. The molecule has 2 aliphatic carbocycles. The third-order valence-electron chi connectivity index (χ3n) is 4.92. The Hall–Kier alpha value is -0.0800. The Morgan fingerprint density at radius 3 is 2.17 bits per heavy atom. The molecule has 0 spiro atoms. The molecule has 2 nitrogen and oxygen atoms in total. The van der Waals surface area contributed by atoms with E-state index in [1.54, 1.807) is 0 Å². The number of nitrogens with zero attached hydrogens (tertiary/aromatic N) is 1. The van der Waals surface area contributed by atoms with E-state index in [0.717, 1.165) is 12.1 Å². The van der Waals surface area contributed by atoms with Crippen LogP contribution in [0.3, 0.4) is 0 Å². The molecule has 1 N–H and O–H groups in total. The molecule has 106 valence electrons. The fourth-order valence-electron chi connectivity index (χ4n) is 3.65. The molecule has 2 heteroatoms. The van der Waals surface area contributed by atoms with Gasteiger partial charge in [-0.25, -0.2) is 0 Å². The molecule has 0 atom stereocenters. The second-order valence-electron chi connectivity index (χ2n) is 6.42. The van der Waals surface area contributed by atoms with Gasteiger partial charge in [0.2, 0.25) is 0 Å². The Kier molecular flexibility index (Phi) is 6.50. The molecule has 0 aromatic heterocycles. The lowest BCUT2D eigenvalue weighted by molar-refractivity contribution is 0.188. The minimum Gasteiger partial charge on any atom is -0.314 e. The zero-order valence-electron chi connectivity index (χ0n) is 12.3. The maximum absolute atomic E-state index is 3.75.